The van der Waals surface area contributed by atoms with Gasteiger partial charge in [0.15, 0.2) is 0 Å². The number of benzene rings is 3. The molecule has 1 saturated heterocycles. The van der Waals surface area contributed by atoms with Gasteiger partial charge in [-0.2, -0.15) is 0 Å². The van der Waals surface area contributed by atoms with Gasteiger partial charge >= 0.3 is 6.09 Å². The van der Waals surface area contributed by atoms with Crippen LogP contribution in [0.1, 0.15) is 79.4 Å². The highest BCUT2D eigenvalue weighted by Gasteiger charge is 2.32. The van der Waals surface area contributed by atoms with Gasteiger partial charge in [0.05, 0.1) is 18.1 Å². The molecule has 0 bridgehead atoms. The second-order valence-corrected chi connectivity index (χ2v) is 13.3. The van der Waals surface area contributed by atoms with Crippen LogP contribution in [0.2, 0.25) is 0 Å². The highest BCUT2D eigenvalue weighted by atomic mass is 16.6. The Morgan fingerprint density at radius 3 is 2.00 bits per heavy atom. The van der Waals surface area contributed by atoms with E-state index in [9.17, 15) is 24.0 Å². The van der Waals surface area contributed by atoms with Crippen LogP contribution in [0.25, 0.3) is 0 Å². The molecule has 5 N–H and O–H groups in total. The van der Waals surface area contributed by atoms with Crippen molar-refractivity contribution in [2.45, 2.75) is 78.2 Å². The molecule has 0 saturated carbocycles. The summed E-state index contributed by atoms with van der Waals surface area (Å²) in [4.78, 5) is 67.4. The summed E-state index contributed by atoms with van der Waals surface area (Å²) in [6.45, 7) is 11.8. The van der Waals surface area contributed by atoms with E-state index < -0.39 is 36.0 Å². The lowest BCUT2D eigenvalue weighted by Gasteiger charge is -2.26. The van der Waals surface area contributed by atoms with E-state index in [0.29, 0.717) is 18.7 Å². The second kappa shape index (κ2) is 18.1. The maximum absolute atomic E-state index is 14.0. The quantitative estimate of drug-likeness (QED) is 0.151. The Bertz CT molecular complexity index is 1670. The molecule has 0 radical (unpaired) electrons. The van der Waals surface area contributed by atoms with Crippen molar-refractivity contribution in [1.29, 1.82) is 0 Å². The standard InChI is InChI=1S/C39H50N6O6/c1-7-40-38(49)34(24(2)3)44-35(46)27(6)41-22-32(18-28-14-10-8-11-15-28)43-37(48)31-19-30(20-33(21-31)45-25(4)23-51-39(45)50)36(47)42-26(5)29-16-12-9-13-17-29/h8-17,19-21,24-27,32,34,41H,7,18,22-23H2,1-6H3,(H,40,49)(H,42,47)(H,43,48)(H,44,46)/t25?,26-,27+,32+,34+/m1/s1. The molecule has 0 aromatic heterocycles. The number of cyclic esters (lactones) is 1. The van der Waals surface area contributed by atoms with Gasteiger partial charge in [0, 0.05) is 35.9 Å². The van der Waals surface area contributed by atoms with Crippen molar-refractivity contribution in [3.8, 4) is 0 Å². The molecular formula is C39H50N6O6. The molecule has 0 aliphatic carbocycles. The zero-order valence-corrected chi connectivity index (χ0v) is 30.2. The molecule has 5 amide bonds. The Kier molecular flexibility index (Phi) is 13.7. The minimum atomic E-state index is -0.688. The van der Waals surface area contributed by atoms with Gasteiger partial charge in [-0.15, -0.1) is 0 Å². The normalized spacial score (nSPS) is 16.4. The molecular weight excluding hydrogens is 648 g/mol. The molecule has 0 spiro atoms. The third kappa shape index (κ3) is 10.6. The number of ether oxygens (including phenoxy) is 1. The molecule has 3 aromatic rings. The number of rotatable bonds is 16. The van der Waals surface area contributed by atoms with Gasteiger partial charge in [0.2, 0.25) is 11.8 Å². The summed E-state index contributed by atoms with van der Waals surface area (Å²) < 4.78 is 5.24. The molecule has 1 aliphatic rings. The van der Waals surface area contributed by atoms with Gasteiger partial charge in [-0.25, -0.2) is 4.79 Å². The SMILES string of the molecule is CCNC(=O)[C@@H](NC(=O)[C@H](C)NC[C@H](Cc1ccccc1)NC(=O)c1cc(C(=O)N[C@H](C)c2ccccc2)cc(N2C(=O)OCC2C)c1)C(C)C. The van der Waals surface area contributed by atoms with Crippen LogP contribution in [0, 0.1) is 5.92 Å². The predicted octanol–water partition coefficient (Wildman–Crippen LogP) is 4.12. The van der Waals surface area contributed by atoms with Crippen LogP contribution in [0.3, 0.4) is 0 Å². The van der Waals surface area contributed by atoms with E-state index in [2.05, 4.69) is 26.6 Å². The number of amides is 5. The lowest BCUT2D eigenvalue weighted by atomic mass is 10.0. The van der Waals surface area contributed by atoms with Crippen LogP contribution in [-0.2, 0) is 20.7 Å². The van der Waals surface area contributed by atoms with E-state index in [-0.39, 0.29) is 54.1 Å². The number of hydrogen-bond donors (Lipinski definition) is 5. The third-order valence-corrected chi connectivity index (χ3v) is 8.77. The van der Waals surface area contributed by atoms with Gasteiger partial charge in [-0.05, 0) is 69.4 Å². The summed E-state index contributed by atoms with van der Waals surface area (Å²) in [5.41, 5.74) is 2.64. The molecule has 12 heteroatoms. The number of nitrogens with one attached hydrogen (secondary N) is 5. The highest BCUT2D eigenvalue weighted by molar-refractivity contribution is 6.03. The van der Waals surface area contributed by atoms with Gasteiger partial charge in [0.1, 0.15) is 12.6 Å². The zero-order valence-electron chi connectivity index (χ0n) is 30.2. The van der Waals surface area contributed by atoms with Crippen molar-refractivity contribution in [2.75, 3.05) is 24.6 Å². The van der Waals surface area contributed by atoms with E-state index in [1.54, 1.807) is 19.1 Å². The first kappa shape index (κ1) is 38.6. The van der Waals surface area contributed by atoms with E-state index >= 15 is 0 Å². The number of nitrogens with zero attached hydrogens (tertiary/aromatic N) is 1. The molecule has 4 rings (SSSR count). The first-order valence-corrected chi connectivity index (χ1v) is 17.5. The maximum Gasteiger partial charge on any atom is 0.414 e. The van der Waals surface area contributed by atoms with Crippen LogP contribution in [0.5, 0.6) is 0 Å². The first-order chi connectivity index (χ1) is 24.4. The summed E-state index contributed by atoms with van der Waals surface area (Å²) in [7, 11) is 0. The van der Waals surface area contributed by atoms with Gasteiger partial charge in [0.25, 0.3) is 11.8 Å². The number of likely N-dealkylation sites (N-methyl/N-ethyl adjacent to an activating group) is 1. The summed E-state index contributed by atoms with van der Waals surface area (Å²) >= 11 is 0. The lowest BCUT2D eigenvalue weighted by Crippen LogP contribution is -2.55. The van der Waals surface area contributed by atoms with Crippen molar-refractivity contribution in [1.82, 2.24) is 26.6 Å². The van der Waals surface area contributed by atoms with Crippen molar-refractivity contribution < 1.29 is 28.7 Å². The van der Waals surface area contributed by atoms with Crippen molar-refractivity contribution in [3.05, 3.63) is 101 Å². The minimum Gasteiger partial charge on any atom is -0.447 e. The van der Waals surface area contributed by atoms with E-state index in [1.165, 1.54) is 11.0 Å². The molecule has 272 valence electrons. The van der Waals surface area contributed by atoms with Crippen LogP contribution in [0.15, 0.2) is 78.9 Å². The lowest BCUT2D eigenvalue weighted by molar-refractivity contribution is -0.130. The number of carbonyl (C=O) groups is 5. The minimum absolute atomic E-state index is 0.118. The van der Waals surface area contributed by atoms with E-state index in [0.717, 1.165) is 11.1 Å². The molecule has 51 heavy (non-hydrogen) atoms. The topological polar surface area (TPSA) is 158 Å². The Morgan fingerprint density at radius 2 is 1.43 bits per heavy atom. The van der Waals surface area contributed by atoms with E-state index in [4.69, 9.17) is 4.74 Å². The Morgan fingerprint density at radius 1 is 0.824 bits per heavy atom. The zero-order chi connectivity index (χ0) is 37.1. The van der Waals surface area contributed by atoms with Gasteiger partial charge in [-0.3, -0.25) is 24.1 Å². The smallest absolute Gasteiger partial charge is 0.414 e. The molecule has 3 aromatic carbocycles. The summed E-state index contributed by atoms with van der Waals surface area (Å²) in [6, 6.07) is 21.3. The number of anilines is 1. The Labute approximate surface area is 300 Å². The monoisotopic (exact) mass is 698 g/mol. The second-order valence-electron chi connectivity index (χ2n) is 13.3. The molecule has 1 fully saturated rings. The summed E-state index contributed by atoms with van der Waals surface area (Å²) in [6.07, 6.45) is -0.118. The number of carbonyl (C=O) groups excluding carboxylic acids is 5. The average molecular weight is 699 g/mol. The molecule has 1 heterocycles. The summed E-state index contributed by atoms with van der Waals surface area (Å²) in [5.74, 6) is -1.57. The van der Waals surface area contributed by atoms with Gasteiger partial charge < -0.3 is 31.3 Å². The van der Waals surface area contributed by atoms with Crippen LogP contribution in [0.4, 0.5) is 10.5 Å². The van der Waals surface area contributed by atoms with Crippen molar-refractivity contribution in [3.63, 3.8) is 0 Å². The van der Waals surface area contributed by atoms with Crippen molar-refractivity contribution in [2.24, 2.45) is 5.92 Å². The van der Waals surface area contributed by atoms with Crippen LogP contribution in [-0.4, -0.2) is 73.6 Å². The molecule has 1 unspecified atom stereocenters. The fourth-order valence-electron chi connectivity index (χ4n) is 5.84. The van der Waals surface area contributed by atoms with Crippen LogP contribution < -0.4 is 31.5 Å². The molecule has 1 aliphatic heterocycles. The maximum atomic E-state index is 14.0. The Balaban J connectivity index is 1.56. The highest BCUT2D eigenvalue weighted by Crippen LogP contribution is 2.26. The first-order valence-electron chi connectivity index (χ1n) is 17.5. The largest absolute Gasteiger partial charge is 0.447 e. The summed E-state index contributed by atoms with van der Waals surface area (Å²) in [5, 5.41) is 14.9. The Hall–Kier alpha value is -5.23. The van der Waals surface area contributed by atoms with E-state index in [1.807, 2.05) is 95.3 Å². The number of hydrogen-bond acceptors (Lipinski definition) is 7. The predicted molar refractivity (Wildman–Crippen MR) is 196 cm³/mol. The fraction of sp³-hybridized carbons (Fsp3) is 0.410. The van der Waals surface area contributed by atoms with Crippen molar-refractivity contribution >= 4 is 35.4 Å². The molecule has 12 nitrogen and oxygen atoms in total. The third-order valence-electron chi connectivity index (χ3n) is 8.77. The van der Waals surface area contributed by atoms with Crippen LogP contribution >= 0.6 is 0 Å². The average Bonchev–Trinajstić information content (AvgIpc) is 3.46. The molecule has 5 atom stereocenters. The fourth-order valence-corrected chi connectivity index (χ4v) is 5.84. The van der Waals surface area contributed by atoms with Gasteiger partial charge in [-0.1, -0.05) is 74.5 Å².